The Morgan fingerprint density at radius 2 is 1.84 bits per heavy atom. The SMILES string of the molecule is CC(C)(C)OC(=O)N1CCC[C@@]2(CCC(=O)N2)[C@@H]1Cc1cccc(-c2ccccc2)c1. The van der Waals surface area contributed by atoms with Gasteiger partial charge in [0.15, 0.2) is 0 Å². The number of carbonyl (C=O) groups excluding carboxylic acids is 2. The Morgan fingerprint density at radius 1 is 1.10 bits per heavy atom. The third-order valence-electron chi connectivity index (χ3n) is 6.31. The summed E-state index contributed by atoms with van der Waals surface area (Å²) in [4.78, 5) is 27.2. The van der Waals surface area contributed by atoms with Gasteiger partial charge in [0.25, 0.3) is 0 Å². The van der Waals surface area contributed by atoms with Gasteiger partial charge in [-0.25, -0.2) is 4.79 Å². The van der Waals surface area contributed by atoms with E-state index < -0.39 is 5.60 Å². The third-order valence-corrected chi connectivity index (χ3v) is 6.31. The highest BCUT2D eigenvalue weighted by Gasteiger charge is 2.50. The van der Waals surface area contributed by atoms with E-state index in [0.29, 0.717) is 19.4 Å². The Hall–Kier alpha value is -2.82. The van der Waals surface area contributed by atoms with E-state index in [4.69, 9.17) is 4.74 Å². The molecule has 0 unspecified atom stereocenters. The number of nitrogens with zero attached hydrogens (tertiary/aromatic N) is 1. The number of hydrogen-bond acceptors (Lipinski definition) is 3. The van der Waals surface area contributed by atoms with Crippen molar-refractivity contribution in [1.29, 1.82) is 0 Å². The van der Waals surface area contributed by atoms with Gasteiger partial charge in [-0.2, -0.15) is 0 Å². The molecule has 1 N–H and O–H groups in total. The van der Waals surface area contributed by atoms with Crippen LogP contribution >= 0.6 is 0 Å². The molecule has 31 heavy (non-hydrogen) atoms. The molecular formula is C26H32N2O3. The molecule has 0 aromatic heterocycles. The van der Waals surface area contributed by atoms with Crippen molar-refractivity contribution in [3.05, 3.63) is 60.2 Å². The summed E-state index contributed by atoms with van der Waals surface area (Å²) >= 11 is 0. The van der Waals surface area contributed by atoms with Gasteiger partial charge in [-0.3, -0.25) is 4.79 Å². The summed E-state index contributed by atoms with van der Waals surface area (Å²) in [6.45, 7) is 6.32. The standard InChI is InChI=1S/C26H32N2O3/c1-25(2,3)31-24(30)28-16-8-14-26(15-13-23(29)27-26)22(28)18-19-9-7-12-21(17-19)20-10-5-4-6-11-20/h4-7,9-12,17,22H,8,13-16,18H2,1-3H3,(H,27,29)/t22-,26+/m0/s1. The maximum Gasteiger partial charge on any atom is 0.410 e. The largest absolute Gasteiger partial charge is 0.444 e. The predicted molar refractivity (Wildman–Crippen MR) is 122 cm³/mol. The lowest BCUT2D eigenvalue weighted by Crippen LogP contribution is -2.64. The zero-order chi connectivity index (χ0) is 22.1. The van der Waals surface area contributed by atoms with Crippen LogP contribution in [0.3, 0.4) is 0 Å². The molecule has 1 spiro atoms. The number of nitrogens with one attached hydrogen (secondary N) is 1. The Bertz CT molecular complexity index is 951. The van der Waals surface area contributed by atoms with Crippen molar-refractivity contribution < 1.29 is 14.3 Å². The van der Waals surface area contributed by atoms with Gasteiger partial charge in [-0.1, -0.05) is 54.6 Å². The van der Waals surface area contributed by atoms with E-state index in [2.05, 4.69) is 41.7 Å². The van der Waals surface area contributed by atoms with E-state index in [0.717, 1.165) is 30.4 Å². The van der Waals surface area contributed by atoms with E-state index in [9.17, 15) is 9.59 Å². The van der Waals surface area contributed by atoms with Gasteiger partial charge in [-0.05, 0) is 63.1 Å². The number of rotatable bonds is 3. The molecule has 2 aliphatic rings. The Kier molecular flexibility index (Phi) is 5.78. The summed E-state index contributed by atoms with van der Waals surface area (Å²) in [6, 6.07) is 18.6. The summed E-state index contributed by atoms with van der Waals surface area (Å²) in [5, 5.41) is 3.25. The quantitative estimate of drug-likeness (QED) is 0.765. The number of carbonyl (C=O) groups is 2. The first-order valence-corrected chi connectivity index (χ1v) is 11.2. The van der Waals surface area contributed by atoms with E-state index >= 15 is 0 Å². The van der Waals surface area contributed by atoms with Crippen molar-refractivity contribution in [2.45, 2.75) is 70.1 Å². The van der Waals surface area contributed by atoms with Crippen molar-refractivity contribution in [2.24, 2.45) is 0 Å². The zero-order valence-electron chi connectivity index (χ0n) is 18.7. The smallest absolute Gasteiger partial charge is 0.410 e. The average Bonchev–Trinajstić information content (AvgIpc) is 3.10. The molecule has 5 heteroatoms. The number of piperidine rings is 1. The highest BCUT2D eigenvalue weighted by Crippen LogP contribution is 2.38. The molecule has 2 heterocycles. The first-order chi connectivity index (χ1) is 14.8. The molecular weight excluding hydrogens is 388 g/mol. The highest BCUT2D eigenvalue weighted by molar-refractivity contribution is 5.80. The Balaban J connectivity index is 1.65. The van der Waals surface area contributed by atoms with Crippen LogP contribution in [0, 0.1) is 0 Å². The lowest BCUT2D eigenvalue weighted by molar-refractivity contribution is -0.120. The topological polar surface area (TPSA) is 58.6 Å². The predicted octanol–water partition coefficient (Wildman–Crippen LogP) is 4.94. The molecule has 2 aromatic carbocycles. The molecule has 0 bridgehead atoms. The summed E-state index contributed by atoms with van der Waals surface area (Å²) in [7, 11) is 0. The van der Waals surface area contributed by atoms with Crippen LogP contribution in [-0.2, 0) is 16.0 Å². The van der Waals surface area contributed by atoms with E-state index in [1.807, 2.05) is 43.9 Å². The molecule has 5 nitrogen and oxygen atoms in total. The fourth-order valence-corrected chi connectivity index (χ4v) is 4.94. The monoisotopic (exact) mass is 420 g/mol. The highest BCUT2D eigenvalue weighted by atomic mass is 16.6. The van der Waals surface area contributed by atoms with Crippen molar-refractivity contribution in [3.8, 4) is 11.1 Å². The van der Waals surface area contributed by atoms with Gasteiger partial charge < -0.3 is 15.0 Å². The zero-order valence-corrected chi connectivity index (χ0v) is 18.7. The summed E-state index contributed by atoms with van der Waals surface area (Å²) in [5.74, 6) is 0.0778. The molecule has 4 rings (SSSR count). The molecule has 164 valence electrons. The maximum atomic E-state index is 13.1. The van der Waals surface area contributed by atoms with Gasteiger partial charge in [0.2, 0.25) is 5.91 Å². The molecule has 2 saturated heterocycles. The van der Waals surface area contributed by atoms with Crippen molar-refractivity contribution in [3.63, 3.8) is 0 Å². The number of hydrogen-bond donors (Lipinski definition) is 1. The molecule has 2 aliphatic heterocycles. The molecule has 2 fully saturated rings. The van der Waals surface area contributed by atoms with Crippen LogP contribution in [-0.4, -0.2) is 40.6 Å². The minimum absolute atomic E-state index is 0.0778. The minimum atomic E-state index is -0.557. The number of benzene rings is 2. The van der Waals surface area contributed by atoms with Gasteiger partial charge in [-0.15, -0.1) is 0 Å². The van der Waals surface area contributed by atoms with Crippen LogP contribution in [0.4, 0.5) is 4.79 Å². The van der Waals surface area contributed by atoms with Gasteiger partial charge in [0.1, 0.15) is 5.60 Å². The molecule has 2 amide bonds. The maximum absolute atomic E-state index is 13.1. The van der Waals surface area contributed by atoms with E-state index in [1.165, 1.54) is 5.56 Å². The Labute approximate surface area is 184 Å². The van der Waals surface area contributed by atoms with Gasteiger partial charge in [0, 0.05) is 13.0 Å². The summed E-state index contributed by atoms with van der Waals surface area (Å²) in [6.07, 6.45) is 3.41. The van der Waals surface area contributed by atoms with Crippen LogP contribution in [0.1, 0.15) is 52.0 Å². The van der Waals surface area contributed by atoms with Crippen molar-refractivity contribution in [1.82, 2.24) is 10.2 Å². The fraction of sp³-hybridized carbons (Fsp3) is 0.462. The Morgan fingerprint density at radius 3 is 2.52 bits per heavy atom. The van der Waals surface area contributed by atoms with Gasteiger partial charge in [0.05, 0.1) is 11.6 Å². The van der Waals surface area contributed by atoms with Crippen LogP contribution in [0.15, 0.2) is 54.6 Å². The van der Waals surface area contributed by atoms with Crippen molar-refractivity contribution >= 4 is 12.0 Å². The first kappa shape index (κ1) is 21.4. The van der Waals surface area contributed by atoms with Crippen LogP contribution in [0.2, 0.25) is 0 Å². The molecule has 2 atom stereocenters. The second-order valence-corrected chi connectivity index (χ2v) is 9.77. The van der Waals surface area contributed by atoms with E-state index in [1.54, 1.807) is 0 Å². The van der Waals surface area contributed by atoms with Crippen LogP contribution < -0.4 is 5.32 Å². The van der Waals surface area contributed by atoms with Crippen molar-refractivity contribution in [2.75, 3.05) is 6.54 Å². The molecule has 2 aromatic rings. The van der Waals surface area contributed by atoms with E-state index in [-0.39, 0.29) is 23.6 Å². The average molecular weight is 421 g/mol. The van der Waals surface area contributed by atoms with Crippen LogP contribution in [0.5, 0.6) is 0 Å². The molecule has 0 saturated carbocycles. The fourth-order valence-electron chi connectivity index (χ4n) is 4.94. The lowest BCUT2D eigenvalue weighted by atomic mass is 9.77. The molecule has 0 aliphatic carbocycles. The summed E-state index contributed by atoms with van der Waals surface area (Å²) < 4.78 is 5.74. The lowest BCUT2D eigenvalue weighted by Gasteiger charge is -2.48. The number of likely N-dealkylation sites (tertiary alicyclic amines) is 1. The first-order valence-electron chi connectivity index (χ1n) is 11.2. The van der Waals surface area contributed by atoms with Gasteiger partial charge >= 0.3 is 6.09 Å². The normalized spacial score (nSPS) is 23.6. The van der Waals surface area contributed by atoms with Crippen LogP contribution in [0.25, 0.3) is 11.1 Å². The summed E-state index contributed by atoms with van der Waals surface area (Å²) in [5.41, 5.74) is 2.54. The molecule has 0 radical (unpaired) electrons. The second kappa shape index (κ2) is 8.37. The minimum Gasteiger partial charge on any atom is -0.444 e. The third kappa shape index (κ3) is 4.76. The number of ether oxygens (including phenoxy) is 1. The second-order valence-electron chi connectivity index (χ2n) is 9.77. The number of amides is 2.